The second kappa shape index (κ2) is 7.31. The molecule has 0 N–H and O–H groups in total. The van der Waals surface area contributed by atoms with Crippen molar-refractivity contribution in [1.29, 1.82) is 0 Å². The SMILES string of the molecule is Cc1ccc(C)c(-n2c(C)cc([C@@H]3[C@H](c4ccccn4)N=C4S[C@H](C)CN43)c2C)c1. The minimum atomic E-state index is 0.0359. The molecule has 1 saturated heterocycles. The van der Waals surface area contributed by atoms with Crippen molar-refractivity contribution in [3.8, 4) is 5.69 Å². The Hall–Kier alpha value is -2.53. The molecule has 2 aliphatic heterocycles. The molecule has 0 bridgehead atoms. The zero-order valence-corrected chi connectivity index (χ0v) is 19.1. The van der Waals surface area contributed by atoms with Gasteiger partial charge in [-0.1, -0.05) is 36.9 Å². The lowest BCUT2D eigenvalue weighted by atomic mass is 9.96. The molecular weight excluding hydrogens is 388 g/mol. The van der Waals surface area contributed by atoms with Gasteiger partial charge in [0.1, 0.15) is 6.04 Å². The fraction of sp³-hybridized carbons (Fsp3) is 0.360. The molecule has 5 heteroatoms. The third-order valence-corrected chi connectivity index (χ3v) is 7.38. The summed E-state index contributed by atoms with van der Waals surface area (Å²) in [4.78, 5) is 12.3. The maximum absolute atomic E-state index is 5.15. The van der Waals surface area contributed by atoms with E-state index in [1.54, 1.807) is 0 Å². The number of hydrogen-bond acceptors (Lipinski definition) is 4. The first-order valence-corrected chi connectivity index (χ1v) is 11.5. The molecule has 0 radical (unpaired) electrons. The van der Waals surface area contributed by atoms with Crippen molar-refractivity contribution < 1.29 is 0 Å². The van der Waals surface area contributed by atoms with Gasteiger partial charge in [0, 0.05) is 35.1 Å². The average Bonchev–Trinajstić information content (AvgIpc) is 3.34. The summed E-state index contributed by atoms with van der Waals surface area (Å²) in [5.74, 6) is 0. The zero-order valence-electron chi connectivity index (χ0n) is 18.3. The second-order valence-electron chi connectivity index (χ2n) is 8.59. The molecule has 2 aromatic heterocycles. The van der Waals surface area contributed by atoms with Gasteiger partial charge in [0.05, 0.1) is 11.7 Å². The lowest BCUT2D eigenvalue weighted by Crippen LogP contribution is -2.28. The zero-order chi connectivity index (χ0) is 21.0. The number of amidine groups is 1. The first kappa shape index (κ1) is 19.4. The molecule has 2 aliphatic rings. The Morgan fingerprint density at radius 1 is 1.03 bits per heavy atom. The number of pyridine rings is 1. The van der Waals surface area contributed by atoms with Crippen LogP contribution in [0.2, 0.25) is 0 Å². The van der Waals surface area contributed by atoms with E-state index in [4.69, 9.17) is 4.99 Å². The summed E-state index contributed by atoms with van der Waals surface area (Å²) < 4.78 is 2.41. The van der Waals surface area contributed by atoms with Crippen LogP contribution in [0.3, 0.4) is 0 Å². The van der Waals surface area contributed by atoms with Gasteiger partial charge in [0.25, 0.3) is 0 Å². The van der Waals surface area contributed by atoms with Crippen LogP contribution in [0.4, 0.5) is 0 Å². The van der Waals surface area contributed by atoms with Crippen molar-refractivity contribution in [2.75, 3.05) is 6.54 Å². The van der Waals surface area contributed by atoms with Crippen molar-refractivity contribution in [3.63, 3.8) is 0 Å². The molecule has 1 fully saturated rings. The maximum Gasteiger partial charge on any atom is 0.160 e. The van der Waals surface area contributed by atoms with Crippen LogP contribution in [-0.4, -0.2) is 31.4 Å². The third-order valence-electron chi connectivity index (χ3n) is 6.28. The van der Waals surface area contributed by atoms with E-state index < -0.39 is 0 Å². The number of nitrogens with zero attached hydrogens (tertiary/aromatic N) is 4. The van der Waals surface area contributed by atoms with Crippen molar-refractivity contribution in [2.24, 2.45) is 4.99 Å². The van der Waals surface area contributed by atoms with Crippen LogP contribution in [0.1, 0.15) is 52.8 Å². The van der Waals surface area contributed by atoms with E-state index in [1.807, 2.05) is 24.0 Å². The standard InChI is InChI=1S/C25H28N4S/c1-15-9-10-16(2)22(12-15)29-17(3)13-20(19(29)5)24-23(21-8-6-7-11-26-21)27-25-28(24)14-18(4)30-25/h6-13,18,23-24H,14H2,1-5H3/t18-,23+,24-/m1/s1. The van der Waals surface area contributed by atoms with Crippen LogP contribution in [0.15, 0.2) is 53.7 Å². The summed E-state index contributed by atoms with van der Waals surface area (Å²) in [6.07, 6.45) is 1.88. The summed E-state index contributed by atoms with van der Waals surface area (Å²) in [6, 6.07) is 15.4. The molecule has 1 aromatic carbocycles. The number of thioether (sulfide) groups is 1. The Bertz CT molecular complexity index is 1130. The summed E-state index contributed by atoms with van der Waals surface area (Å²) in [7, 11) is 0. The maximum atomic E-state index is 5.15. The van der Waals surface area contributed by atoms with Gasteiger partial charge in [-0.15, -0.1) is 0 Å². The first-order chi connectivity index (χ1) is 14.4. The van der Waals surface area contributed by atoms with Crippen molar-refractivity contribution >= 4 is 16.9 Å². The highest BCUT2D eigenvalue weighted by Gasteiger charge is 2.44. The number of fused-ring (bicyclic) bond motifs is 1. The van der Waals surface area contributed by atoms with Crippen LogP contribution in [-0.2, 0) is 0 Å². The predicted molar refractivity (Wildman–Crippen MR) is 126 cm³/mol. The summed E-state index contributed by atoms with van der Waals surface area (Å²) in [6.45, 7) is 12.1. The molecule has 0 spiro atoms. The topological polar surface area (TPSA) is 33.4 Å². The van der Waals surface area contributed by atoms with E-state index in [0.29, 0.717) is 5.25 Å². The van der Waals surface area contributed by atoms with E-state index in [1.165, 1.54) is 38.9 Å². The van der Waals surface area contributed by atoms with Gasteiger partial charge in [-0.3, -0.25) is 9.98 Å². The minimum Gasteiger partial charge on any atom is -0.341 e. The molecule has 3 aromatic rings. The van der Waals surface area contributed by atoms with E-state index in [9.17, 15) is 0 Å². The number of hydrogen-bond donors (Lipinski definition) is 0. The highest BCUT2D eigenvalue weighted by molar-refractivity contribution is 8.14. The summed E-state index contributed by atoms with van der Waals surface area (Å²) in [5.41, 5.74) is 8.83. The molecule has 0 aliphatic carbocycles. The van der Waals surface area contributed by atoms with Gasteiger partial charge in [-0.25, -0.2) is 0 Å². The molecule has 3 atom stereocenters. The minimum absolute atomic E-state index is 0.0359. The van der Waals surface area contributed by atoms with E-state index in [-0.39, 0.29) is 12.1 Å². The quantitative estimate of drug-likeness (QED) is 0.549. The molecule has 5 rings (SSSR count). The number of benzene rings is 1. The van der Waals surface area contributed by atoms with Gasteiger partial charge in [-0.2, -0.15) is 0 Å². The van der Waals surface area contributed by atoms with Crippen LogP contribution in [0, 0.1) is 27.7 Å². The van der Waals surface area contributed by atoms with Crippen molar-refractivity contribution in [1.82, 2.24) is 14.5 Å². The van der Waals surface area contributed by atoms with E-state index in [2.05, 4.69) is 85.5 Å². The highest BCUT2D eigenvalue weighted by Crippen LogP contribution is 2.49. The molecule has 0 unspecified atom stereocenters. The Balaban J connectivity index is 1.64. The molecule has 0 amide bonds. The second-order valence-corrected chi connectivity index (χ2v) is 9.99. The number of rotatable bonds is 3. The summed E-state index contributed by atoms with van der Waals surface area (Å²) >= 11 is 1.89. The van der Waals surface area contributed by atoms with Gasteiger partial charge in [-0.05, 0) is 68.7 Å². The first-order valence-electron chi connectivity index (χ1n) is 10.6. The van der Waals surface area contributed by atoms with Crippen LogP contribution >= 0.6 is 11.8 Å². The molecule has 30 heavy (non-hydrogen) atoms. The summed E-state index contributed by atoms with van der Waals surface area (Å²) in [5, 5.41) is 1.73. The fourth-order valence-corrected chi connectivity index (χ4v) is 5.96. The molecule has 154 valence electrons. The highest BCUT2D eigenvalue weighted by atomic mass is 32.2. The van der Waals surface area contributed by atoms with Crippen LogP contribution < -0.4 is 0 Å². The number of aromatic nitrogens is 2. The third kappa shape index (κ3) is 3.07. The van der Waals surface area contributed by atoms with Gasteiger partial charge in [0.15, 0.2) is 5.17 Å². The lowest BCUT2D eigenvalue weighted by Gasteiger charge is -2.27. The molecule has 4 nitrogen and oxygen atoms in total. The average molecular weight is 417 g/mol. The van der Waals surface area contributed by atoms with Crippen molar-refractivity contribution in [3.05, 3.63) is 82.4 Å². The Morgan fingerprint density at radius 2 is 1.87 bits per heavy atom. The normalized spacial score (nSPS) is 23.0. The Labute approximate surface area is 183 Å². The van der Waals surface area contributed by atoms with Crippen LogP contribution in [0.5, 0.6) is 0 Å². The smallest absolute Gasteiger partial charge is 0.160 e. The largest absolute Gasteiger partial charge is 0.341 e. The Morgan fingerprint density at radius 3 is 2.63 bits per heavy atom. The molecular formula is C25H28N4S. The fourth-order valence-electron chi connectivity index (χ4n) is 4.87. The predicted octanol–water partition coefficient (Wildman–Crippen LogP) is 5.70. The van der Waals surface area contributed by atoms with Crippen molar-refractivity contribution in [2.45, 2.75) is 52.0 Å². The monoisotopic (exact) mass is 416 g/mol. The number of aryl methyl sites for hydroxylation is 3. The van der Waals surface area contributed by atoms with Gasteiger partial charge in [0.2, 0.25) is 0 Å². The van der Waals surface area contributed by atoms with E-state index in [0.717, 1.165) is 12.2 Å². The lowest BCUT2D eigenvalue weighted by molar-refractivity contribution is 0.320. The number of aliphatic imine (C=N–C) groups is 1. The van der Waals surface area contributed by atoms with E-state index >= 15 is 0 Å². The van der Waals surface area contributed by atoms with Gasteiger partial charge >= 0.3 is 0 Å². The van der Waals surface area contributed by atoms with Gasteiger partial charge < -0.3 is 9.47 Å². The van der Waals surface area contributed by atoms with Crippen LogP contribution in [0.25, 0.3) is 5.69 Å². The molecule has 0 saturated carbocycles. The molecule has 4 heterocycles. The Kier molecular flexibility index (Phi) is 4.73.